The zero-order chi connectivity index (χ0) is 22.3. The Morgan fingerprint density at radius 2 is 1.31 bits per heavy atom. The molecule has 0 atom stereocenters. The molecular weight excluding hydrogens is 432 g/mol. The average molecular weight is 451 g/mol. The number of benzene rings is 3. The van der Waals surface area contributed by atoms with Gasteiger partial charge in [-0.15, -0.1) is 0 Å². The molecule has 0 bridgehead atoms. The largest absolute Gasteiger partial charge is 0.244 e. The van der Waals surface area contributed by atoms with Crippen LogP contribution in [0.5, 0.6) is 0 Å². The van der Waals surface area contributed by atoms with Crippen molar-refractivity contribution in [3.8, 4) is 22.5 Å². The molecule has 0 amide bonds. The molecule has 4 aromatic rings. The molecule has 8 heteroatoms. The van der Waals surface area contributed by atoms with E-state index in [0.717, 1.165) is 12.8 Å². The van der Waals surface area contributed by atoms with Gasteiger partial charge in [0.15, 0.2) is 0 Å². The monoisotopic (exact) mass is 451 g/mol. The SMILES string of the molecule is O=S(=O)(NCC1CC1)c1ccc2nc(-c3ccc(F)cc3)c(-c3ccc(F)cc3)nc2c1. The molecule has 0 radical (unpaired) electrons. The third kappa shape index (κ3) is 4.24. The second-order valence-corrected chi connectivity index (χ2v) is 9.65. The number of rotatable bonds is 6. The third-order valence-electron chi connectivity index (χ3n) is 5.44. The number of hydrogen-bond donors (Lipinski definition) is 1. The summed E-state index contributed by atoms with van der Waals surface area (Å²) < 4.78 is 55.0. The highest BCUT2D eigenvalue weighted by atomic mass is 32.2. The van der Waals surface area contributed by atoms with E-state index in [2.05, 4.69) is 14.7 Å². The summed E-state index contributed by atoms with van der Waals surface area (Å²) in [5.41, 5.74) is 3.08. The highest BCUT2D eigenvalue weighted by Crippen LogP contribution is 2.32. The second kappa shape index (κ2) is 8.03. The average Bonchev–Trinajstić information content (AvgIpc) is 3.62. The van der Waals surface area contributed by atoms with Crippen molar-refractivity contribution in [2.45, 2.75) is 17.7 Å². The van der Waals surface area contributed by atoms with E-state index < -0.39 is 10.0 Å². The van der Waals surface area contributed by atoms with Crippen LogP contribution in [0.3, 0.4) is 0 Å². The summed E-state index contributed by atoms with van der Waals surface area (Å²) in [5.74, 6) is -0.353. The van der Waals surface area contributed by atoms with Crippen LogP contribution in [0, 0.1) is 17.6 Å². The van der Waals surface area contributed by atoms with Gasteiger partial charge in [0.25, 0.3) is 0 Å². The quantitative estimate of drug-likeness (QED) is 0.451. The lowest BCUT2D eigenvalue weighted by Crippen LogP contribution is -2.25. The van der Waals surface area contributed by atoms with E-state index in [9.17, 15) is 17.2 Å². The fourth-order valence-corrected chi connectivity index (χ4v) is 4.59. The van der Waals surface area contributed by atoms with Crippen LogP contribution < -0.4 is 4.72 Å². The van der Waals surface area contributed by atoms with Crippen molar-refractivity contribution < 1.29 is 17.2 Å². The molecule has 1 N–H and O–H groups in total. The Morgan fingerprint density at radius 3 is 1.84 bits per heavy atom. The van der Waals surface area contributed by atoms with Crippen molar-refractivity contribution in [3.63, 3.8) is 0 Å². The van der Waals surface area contributed by atoms with Crippen LogP contribution in [0.2, 0.25) is 0 Å². The fourth-order valence-electron chi connectivity index (χ4n) is 3.45. The van der Waals surface area contributed by atoms with Gasteiger partial charge in [0.1, 0.15) is 11.6 Å². The van der Waals surface area contributed by atoms with Gasteiger partial charge in [0.05, 0.1) is 27.3 Å². The van der Waals surface area contributed by atoms with Gasteiger partial charge in [-0.1, -0.05) is 0 Å². The lowest BCUT2D eigenvalue weighted by Gasteiger charge is -2.12. The molecule has 1 aromatic heterocycles. The predicted molar refractivity (Wildman–Crippen MR) is 118 cm³/mol. The normalized spacial score (nSPS) is 14.1. The standard InChI is InChI=1S/C24H19F2N3O2S/c25-18-7-3-16(4-8-18)23-24(17-5-9-19(26)10-6-17)29-22-13-20(11-12-21(22)28-23)32(30,31)27-14-15-1-2-15/h3-13,15,27H,1-2,14H2. The Labute approximate surface area is 184 Å². The molecule has 0 spiro atoms. The van der Waals surface area contributed by atoms with E-state index in [1.807, 2.05) is 0 Å². The van der Waals surface area contributed by atoms with E-state index in [-0.39, 0.29) is 16.5 Å². The number of fused-ring (bicyclic) bond motifs is 1. The number of aromatic nitrogens is 2. The summed E-state index contributed by atoms with van der Waals surface area (Å²) in [4.78, 5) is 9.48. The van der Waals surface area contributed by atoms with Crippen LogP contribution in [0.25, 0.3) is 33.5 Å². The lowest BCUT2D eigenvalue weighted by atomic mass is 10.0. The van der Waals surface area contributed by atoms with E-state index in [1.54, 1.807) is 30.3 Å². The number of nitrogens with one attached hydrogen (secondary N) is 1. The zero-order valence-corrected chi connectivity index (χ0v) is 17.7. The van der Waals surface area contributed by atoms with E-state index in [1.165, 1.54) is 36.4 Å². The third-order valence-corrected chi connectivity index (χ3v) is 6.86. The predicted octanol–water partition coefficient (Wildman–Crippen LogP) is 4.93. The first-order valence-electron chi connectivity index (χ1n) is 10.2. The first-order valence-corrected chi connectivity index (χ1v) is 11.7. The van der Waals surface area contributed by atoms with Crippen LogP contribution in [0.1, 0.15) is 12.8 Å². The molecule has 5 rings (SSSR count). The zero-order valence-electron chi connectivity index (χ0n) is 16.9. The first kappa shape index (κ1) is 20.7. The Hall–Kier alpha value is -3.23. The minimum absolute atomic E-state index is 0.111. The molecule has 162 valence electrons. The van der Waals surface area contributed by atoms with E-state index in [4.69, 9.17) is 0 Å². The molecule has 1 saturated carbocycles. The minimum atomic E-state index is -3.67. The van der Waals surface area contributed by atoms with Gasteiger partial charge in [-0.2, -0.15) is 0 Å². The molecular formula is C24H19F2N3O2S. The minimum Gasteiger partial charge on any atom is -0.244 e. The Balaban J connectivity index is 1.64. The van der Waals surface area contributed by atoms with E-state index >= 15 is 0 Å². The van der Waals surface area contributed by atoms with E-state index in [0.29, 0.717) is 46.0 Å². The summed E-state index contributed by atoms with van der Waals surface area (Å²) in [6.45, 7) is 0.427. The summed E-state index contributed by atoms with van der Waals surface area (Å²) in [6, 6.07) is 16.2. The molecule has 1 heterocycles. The number of sulfonamides is 1. The van der Waals surface area contributed by atoms with Crippen LogP contribution in [-0.2, 0) is 10.0 Å². The highest BCUT2D eigenvalue weighted by Gasteiger charge is 2.24. The summed E-state index contributed by atoms with van der Waals surface area (Å²) in [5, 5.41) is 0. The Morgan fingerprint density at radius 1 is 0.781 bits per heavy atom. The maximum Gasteiger partial charge on any atom is 0.240 e. The molecule has 1 aliphatic carbocycles. The lowest BCUT2D eigenvalue weighted by molar-refractivity contribution is 0.577. The molecule has 32 heavy (non-hydrogen) atoms. The van der Waals surface area contributed by atoms with Gasteiger partial charge >= 0.3 is 0 Å². The summed E-state index contributed by atoms with van der Waals surface area (Å²) >= 11 is 0. The summed E-state index contributed by atoms with van der Waals surface area (Å²) in [7, 11) is -3.67. The molecule has 1 aliphatic rings. The maximum absolute atomic E-state index is 13.5. The van der Waals surface area contributed by atoms with Crippen LogP contribution in [0.15, 0.2) is 71.6 Å². The van der Waals surface area contributed by atoms with Crippen molar-refractivity contribution in [2.24, 2.45) is 5.92 Å². The van der Waals surface area contributed by atoms with Gasteiger partial charge in [-0.05, 0) is 85.5 Å². The molecule has 1 fully saturated rings. The van der Waals surface area contributed by atoms with Crippen LogP contribution >= 0.6 is 0 Å². The number of halogens is 2. The summed E-state index contributed by atoms with van der Waals surface area (Å²) in [6.07, 6.45) is 2.08. The van der Waals surface area contributed by atoms with Gasteiger partial charge in [-0.25, -0.2) is 31.9 Å². The van der Waals surface area contributed by atoms with Crippen molar-refractivity contribution in [2.75, 3.05) is 6.54 Å². The number of hydrogen-bond acceptors (Lipinski definition) is 4. The highest BCUT2D eigenvalue weighted by molar-refractivity contribution is 7.89. The fraction of sp³-hybridized carbons (Fsp3) is 0.167. The topological polar surface area (TPSA) is 72.0 Å². The van der Waals surface area contributed by atoms with Gasteiger partial charge in [-0.3, -0.25) is 0 Å². The molecule has 0 saturated heterocycles. The smallest absolute Gasteiger partial charge is 0.240 e. The van der Waals surface area contributed by atoms with Gasteiger partial charge in [0.2, 0.25) is 10.0 Å². The van der Waals surface area contributed by atoms with Crippen molar-refractivity contribution in [1.29, 1.82) is 0 Å². The second-order valence-electron chi connectivity index (χ2n) is 7.88. The Bertz CT molecular complexity index is 1400. The van der Waals surface area contributed by atoms with Crippen LogP contribution in [0.4, 0.5) is 8.78 Å². The van der Waals surface area contributed by atoms with Gasteiger partial charge < -0.3 is 0 Å². The Kier molecular flexibility index (Phi) is 5.19. The molecule has 3 aromatic carbocycles. The van der Waals surface area contributed by atoms with Crippen LogP contribution in [-0.4, -0.2) is 24.9 Å². The number of nitrogens with zero attached hydrogens (tertiary/aromatic N) is 2. The first-order chi connectivity index (χ1) is 15.4. The van der Waals surface area contributed by atoms with Crippen molar-refractivity contribution in [3.05, 3.63) is 78.4 Å². The molecule has 0 unspecified atom stereocenters. The molecule has 0 aliphatic heterocycles. The molecule has 5 nitrogen and oxygen atoms in total. The van der Waals surface area contributed by atoms with Gasteiger partial charge in [0, 0.05) is 17.7 Å². The van der Waals surface area contributed by atoms with Crippen molar-refractivity contribution in [1.82, 2.24) is 14.7 Å². The maximum atomic E-state index is 13.5. The van der Waals surface area contributed by atoms with Crippen molar-refractivity contribution >= 4 is 21.1 Å².